The van der Waals surface area contributed by atoms with E-state index in [1.54, 1.807) is 6.92 Å². The average molecular weight is 249 g/mol. The highest BCUT2D eigenvalue weighted by Gasteiger charge is 2.16. The summed E-state index contributed by atoms with van der Waals surface area (Å²) in [7, 11) is 0. The number of imide groups is 1. The van der Waals surface area contributed by atoms with Crippen LogP contribution in [0, 0.1) is 0 Å². The molecule has 0 aliphatic carbocycles. The van der Waals surface area contributed by atoms with Gasteiger partial charge in [0.1, 0.15) is 11.8 Å². The third-order valence-electron chi connectivity index (χ3n) is 2.71. The van der Waals surface area contributed by atoms with Crippen LogP contribution in [-0.4, -0.2) is 24.6 Å². The van der Waals surface area contributed by atoms with E-state index in [1.165, 1.54) is 0 Å². The highest BCUT2D eigenvalue weighted by atomic mass is 16.5. The molecule has 0 fully saturated rings. The Hall–Kier alpha value is -2.24. The first kappa shape index (κ1) is 12.2. The molecule has 0 bridgehead atoms. The SMILES string of the molecule is C[C@@H](Nc1ccc2c(c1)CCO2)C(=O)NC(N)=O. The summed E-state index contributed by atoms with van der Waals surface area (Å²) in [6.45, 7) is 2.35. The minimum atomic E-state index is -0.851. The molecule has 0 aromatic heterocycles. The fraction of sp³-hybridized carbons (Fsp3) is 0.333. The van der Waals surface area contributed by atoms with Gasteiger partial charge in [0.25, 0.3) is 0 Å². The zero-order valence-electron chi connectivity index (χ0n) is 10.0. The molecule has 1 aliphatic rings. The lowest BCUT2D eigenvalue weighted by atomic mass is 10.1. The number of hydrogen-bond donors (Lipinski definition) is 3. The average Bonchev–Trinajstić information content (AvgIpc) is 2.75. The number of urea groups is 1. The molecule has 6 heteroatoms. The van der Waals surface area contributed by atoms with Gasteiger partial charge in [-0.3, -0.25) is 10.1 Å². The van der Waals surface area contributed by atoms with Gasteiger partial charge >= 0.3 is 6.03 Å². The monoisotopic (exact) mass is 249 g/mol. The Morgan fingerprint density at radius 2 is 2.22 bits per heavy atom. The second-order valence-corrected chi connectivity index (χ2v) is 4.14. The Bertz CT molecular complexity index is 487. The van der Waals surface area contributed by atoms with Crippen molar-refractivity contribution in [1.82, 2.24) is 5.32 Å². The summed E-state index contributed by atoms with van der Waals surface area (Å²) in [5.41, 5.74) is 6.81. The highest BCUT2D eigenvalue weighted by Crippen LogP contribution is 2.27. The number of carbonyl (C=O) groups is 2. The standard InChI is InChI=1S/C12H15N3O3/c1-7(11(16)15-12(13)17)14-9-2-3-10-8(6-9)4-5-18-10/h2-3,6-7,14H,4-5H2,1H3,(H3,13,15,16,17)/t7-/m1/s1. The molecule has 3 amide bonds. The van der Waals surface area contributed by atoms with E-state index in [4.69, 9.17) is 10.5 Å². The molecule has 1 atom stereocenters. The molecule has 6 nitrogen and oxygen atoms in total. The third kappa shape index (κ3) is 2.71. The van der Waals surface area contributed by atoms with E-state index in [1.807, 2.05) is 23.5 Å². The van der Waals surface area contributed by atoms with Crippen LogP contribution in [0.5, 0.6) is 5.75 Å². The molecule has 0 saturated heterocycles. The van der Waals surface area contributed by atoms with Crippen LogP contribution in [-0.2, 0) is 11.2 Å². The Labute approximate surface area is 104 Å². The highest BCUT2D eigenvalue weighted by molar-refractivity contribution is 5.97. The van der Waals surface area contributed by atoms with E-state index in [2.05, 4.69) is 5.32 Å². The van der Waals surface area contributed by atoms with Crippen LogP contribution < -0.4 is 21.1 Å². The molecular weight excluding hydrogens is 234 g/mol. The van der Waals surface area contributed by atoms with Crippen molar-refractivity contribution < 1.29 is 14.3 Å². The zero-order chi connectivity index (χ0) is 13.1. The number of fused-ring (bicyclic) bond motifs is 1. The van der Waals surface area contributed by atoms with Gasteiger partial charge in [0.05, 0.1) is 6.61 Å². The lowest BCUT2D eigenvalue weighted by molar-refractivity contribution is -0.120. The molecule has 0 spiro atoms. The number of anilines is 1. The lowest BCUT2D eigenvalue weighted by Crippen LogP contribution is -2.43. The second-order valence-electron chi connectivity index (χ2n) is 4.14. The summed E-state index contributed by atoms with van der Waals surface area (Å²) in [5.74, 6) is 0.425. The number of nitrogens with two attached hydrogens (primary N) is 1. The van der Waals surface area contributed by atoms with E-state index in [0.29, 0.717) is 6.61 Å². The van der Waals surface area contributed by atoms with Gasteiger partial charge in [-0.25, -0.2) is 4.79 Å². The zero-order valence-corrected chi connectivity index (χ0v) is 10.0. The van der Waals surface area contributed by atoms with Crippen molar-refractivity contribution in [1.29, 1.82) is 0 Å². The van der Waals surface area contributed by atoms with Crippen LogP contribution in [0.4, 0.5) is 10.5 Å². The van der Waals surface area contributed by atoms with Gasteiger partial charge in [-0.05, 0) is 30.7 Å². The largest absolute Gasteiger partial charge is 0.493 e. The van der Waals surface area contributed by atoms with Gasteiger partial charge in [-0.15, -0.1) is 0 Å². The van der Waals surface area contributed by atoms with Crippen molar-refractivity contribution in [2.24, 2.45) is 5.73 Å². The minimum absolute atomic E-state index is 0.459. The number of benzene rings is 1. The fourth-order valence-corrected chi connectivity index (χ4v) is 1.82. The normalized spacial score (nSPS) is 14.3. The Balaban J connectivity index is 2.01. The Morgan fingerprint density at radius 1 is 1.44 bits per heavy atom. The number of carbonyl (C=O) groups excluding carboxylic acids is 2. The van der Waals surface area contributed by atoms with Gasteiger partial charge in [-0.1, -0.05) is 0 Å². The molecule has 96 valence electrons. The summed E-state index contributed by atoms with van der Waals surface area (Å²) >= 11 is 0. The lowest BCUT2D eigenvalue weighted by Gasteiger charge is -2.14. The molecule has 1 heterocycles. The van der Waals surface area contributed by atoms with Gasteiger partial charge in [0, 0.05) is 12.1 Å². The summed E-state index contributed by atoms with van der Waals surface area (Å²) < 4.78 is 5.39. The van der Waals surface area contributed by atoms with Crippen LogP contribution in [0.3, 0.4) is 0 Å². The van der Waals surface area contributed by atoms with Gasteiger partial charge in [-0.2, -0.15) is 0 Å². The minimum Gasteiger partial charge on any atom is -0.493 e. The van der Waals surface area contributed by atoms with Crippen LogP contribution in [0.1, 0.15) is 12.5 Å². The number of amides is 3. The van der Waals surface area contributed by atoms with Crippen LogP contribution in [0.15, 0.2) is 18.2 Å². The second kappa shape index (κ2) is 4.95. The molecule has 1 aromatic carbocycles. The molecule has 18 heavy (non-hydrogen) atoms. The summed E-state index contributed by atoms with van der Waals surface area (Å²) in [5, 5.41) is 5.03. The van der Waals surface area contributed by atoms with Crippen molar-refractivity contribution >= 4 is 17.6 Å². The number of nitrogens with one attached hydrogen (secondary N) is 2. The first-order valence-corrected chi connectivity index (χ1v) is 5.69. The number of hydrogen-bond acceptors (Lipinski definition) is 4. The summed E-state index contributed by atoms with van der Waals surface area (Å²) in [6, 6.07) is 4.24. The van der Waals surface area contributed by atoms with E-state index < -0.39 is 18.0 Å². The number of rotatable bonds is 3. The van der Waals surface area contributed by atoms with E-state index in [-0.39, 0.29) is 0 Å². The van der Waals surface area contributed by atoms with Crippen molar-refractivity contribution in [3.8, 4) is 5.75 Å². The van der Waals surface area contributed by atoms with Crippen LogP contribution >= 0.6 is 0 Å². The molecular formula is C12H15N3O3. The Morgan fingerprint density at radius 3 is 2.94 bits per heavy atom. The topological polar surface area (TPSA) is 93.4 Å². The van der Waals surface area contributed by atoms with Crippen molar-refractivity contribution in [2.45, 2.75) is 19.4 Å². The quantitative estimate of drug-likeness (QED) is 0.732. The molecule has 1 aromatic rings. The first-order chi connectivity index (χ1) is 8.56. The molecule has 0 saturated carbocycles. The van der Waals surface area contributed by atoms with Gasteiger partial charge < -0.3 is 15.8 Å². The van der Waals surface area contributed by atoms with E-state index in [0.717, 1.165) is 23.4 Å². The maximum atomic E-state index is 11.5. The molecule has 1 aliphatic heterocycles. The van der Waals surface area contributed by atoms with E-state index in [9.17, 15) is 9.59 Å². The molecule has 4 N–H and O–H groups in total. The molecule has 2 rings (SSSR count). The van der Waals surface area contributed by atoms with Gasteiger partial charge in [0.15, 0.2) is 0 Å². The molecule has 0 unspecified atom stereocenters. The molecule has 0 radical (unpaired) electrons. The van der Waals surface area contributed by atoms with Gasteiger partial charge in [0.2, 0.25) is 5.91 Å². The van der Waals surface area contributed by atoms with Crippen molar-refractivity contribution in [2.75, 3.05) is 11.9 Å². The maximum absolute atomic E-state index is 11.5. The van der Waals surface area contributed by atoms with Crippen LogP contribution in [0.2, 0.25) is 0 Å². The predicted molar refractivity (Wildman–Crippen MR) is 66.5 cm³/mol. The predicted octanol–water partition coefficient (Wildman–Crippen LogP) is 0.617. The third-order valence-corrected chi connectivity index (χ3v) is 2.71. The summed E-state index contributed by atoms with van der Waals surface area (Å²) in [4.78, 5) is 22.1. The Kier molecular flexibility index (Phi) is 3.36. The van der Waals surface area contributed by atoms with Crippen molar-refractivity contribution in [3.05, 3.63) is 23.8 Å². The maximum Gasteiger partial charge on any atom is 0.318 e. The number of primary amides is 1. The smallest absolute Gasteiger partial charge is 0.318 e. The fourth-order valence-electron chi connectivity index (χ4n) is 1.82. The summed E-state index contributed by atoms with van der Waals surface area (Å²) in [6.07, 6.45) is 0.868. The van der Waals surface area contributed by atoms with Crippen molar-refractivity contribution in [3.63, 3.8) is 0 Å². The first-order valence-electron chi connectivity index (χ1n) is 5.69. The van der Waals surface area contributed by atoms with Crippen LogP contribution in [0.25, 0.3) is 0 Å². The van der Waals surface area contributed by atoms with E-state index >= 15 is 0 Å². The number of ether oxygens (including phenoxy) is 1.